The maximum Gasteiger partial charge on any atom is 0.291 e. The van der Waals surface area contributed by atoms with Crippen LogP contribution in [-0.4, -0.2) is 21.7 Å². The third-order valence-corrected chi connectivity index (χ3v) is 5.22. The smallest absolute Gasteiger partial charge is 0.291 e. The highest BCUT2D eigenvalue weighted by molar-refractivity contribution is 9.10. The van der Waals surface area contributed by atoms with Crippen LogP contribution in [0.2, 0.25) is 0 Å². The van der Waals surface area contributed by atoms with Gasteiger partial charge in [0.1, 0.15) is 11.6 Å². The van der Waals surface area contributed by atoms with E-state index < -0.39 is 0 Å². The number of halogens is 2. The lowest BCUT2D eigenvalue weighted by Crippen LogP contribution is -2.23. The number of fused-ring (bicyclic) bond motifs is 1. The summed E-state index contributed by atoms with van der Waals surface area (Å²) in [4.78, 5) is 17.5. The first-order chi connectivity index (χ1) is 12.5. The topological polar surface area (TPSA) is 56.5 Å². The van der Waals surface area contributed by atoms with E-state index in [4.69, 9.17) is 4.74 Å². The number of aromatic nitrogens is 3. The van der Waals surface area contributed by atoms with Gasteiger partial charge in [-0.05, 0) is 48.5 Å². The van der Waals surface area contributed by atoms with Gasteiger partial charge in [0.25, 0.3) is 5.56 Å². The number of hydrogen-bond acceptors (Lipinski definition) is 5. The van der Waals surface area contributed by atoms with E-state index in [1.54, 1.807) is 25.3 Å². The van der Waals surface area contributed by atoms with Crippen LogP contribution in [0.4, 0.5) is 4.39 Å². The summed E-state index contributed by atoms with van der Waals surface area (Å²) in [6.45, 7) is 0. The van der Waals surface area contributed by atoms with Gasteiger partial charge in [-0.1, -0.05) is 27.3 Å². The van der Waals surface area contributed by atoms with Crippen molar-refractivity contribution in [2.75, 3.05) is 7.11 Å². The molecule has 0 aliphatic rings. The number of ether oxygens (including phenoxy) is 1. The quantitative estimate of drug-likeness (QED) is 0.499. The molecule has 8 heteroatoms. The van der Waals surface area contributed by atoms with E-state index in [-0.39, 0.29) is 11.4 Å². The molecule has 4 rings (SSSR count). The maximum atomic E-state index is 13.0. The molecule has 2 aromatic carbocycles. The number of rotatable bonds is 3. The Kier molecular flexibility index (Phi) is 4.29. The average Bonchev–Trinajstić information content (AvgIpc) is 3.16. The van der Waals surface area contributed by atoms with Crippen LogP contribution in [0.5, 0.6) is 5.75 Å². The fraction of sp³-hybridized carbons (Fsp3) is 0.0556. The molecule has 0 radical (unpaired) electrons. The van der Waals surface area contributed by atoms with Gasteiger partial charge < -0.3 is 4.74 Å². The molecule has 5 nitrogen and oxygen atoms in total. The Bertz CT molecular complexity index is 1220. The van der Waals surface area contributed by atoms with Crippen LogP contribution in [0, 0.1) is 5.82 Å². The molecule has 0 aliphatic carbocycles. The van der Waals surface area contributed by atoms with Crippen molar-refractivity contribution in [1.29, 1.82) is 0 Å². The molecule has 0 bridgehead atoms. The van der Waals surface area contributed by atoms with Crippen LogP contribution in [0.25, 0.3) is 22.4 Å². The van der Waals surface area contributed by atoms with E-state index in [0.29, 0.717) is 26.6 Å². The Balaban J connectivity index is 1.83. The number of benzene rings is 2. The van der Waals surface area contributed by atoms with E-state index in [0.717, 1.165) is 10.0 Å². The van der Waals surface area contributed by atoms with Gasteiger partial charge in [-0.2, -0.15) is 9.50 Å². The van der Waals surface area contributed by atoms with Crippen LogP contribution < -0.4 is 14.8 Å². The number of hydrogen-bond donors (Lipinski definition) is 0. The third-order valence-electron chi connectivity index (χ3n) is 3.76. The number of methoxy groups -OCH3 is 1. The fourth-order valence-electron chi connectivity index (χ4n) is 2.51. The van der Waals surface area contributed by atoms with Crippen molar-refractivity contribution < 1.29 is 9.13 Å². The first kappa shape index (κ1) is 16.9. The zero-order valence-corrected chi connectivity index (χ0v) is 15.8. The summed E-state index contributed by atoms with van der Waals surface area (Å²) in [6, 6.07) is 11.4. The molecule has 0 spiro atoms. The molecule has 0 N–H and O–H groups in total. The summed E-state index contributed by atoms with van der Waals surface area (Å²) >= 11 is 4.66. The molecule has 2 heterocycles. The van der Waals surface area contributed by atoms with Crippen molar-refractivity contribution in [2.45, 2.75) is 0 Å². The summed E-state index contributed by atoms with van der Waals surface area (Å²) in [5, 5.41) is 4.26. The maximum absolute atomic E-state index is 13.0. The Morgan fingerprint density at radius 3 is 2.69 bits per heavy atom. The molecular formula is C18H11BrFN3O2S. The van der Waals surface area contributed by atoms with Crippen LogP contribution in [-0.2, 0) is 0 Å². The van der Waals surface area contributed by atoms with E-state index in [1.807, 2.05) is 18.2 Å². The van der Waals surface area contributed by atoms with Crippen molar-refractivity contribution in [2.24, 2.45) is 0 Å². The summed E-state index contributed by atoms with van der Waals surface area (Å²) in [5.41, 5.74) is 1.18. The lowest BCUT2D eigenvalue weighted by Gasteiger charge is -2.04. The highest BCUT2D eigenvalue weighted by atomic mass is 79.9. The molecule has 0 amide bonds. The van der Waals surface area contributed by atoms with Crippen LogP contribution in [0.1, 0.15) is 5.56 Å². The standard InChI is InChI=1S/C18H11BrFN3O2S/c1-25-14-7-4-12(19)8-11(14)9-15-17(24)23-18(26-15)21-16(22-23)10-2-5-13(20)6-3-10/h2-9H,1H3/b15-9-. The van der Waals surface area contributed by atoms with Crippen molar-refractivity contribution in [3.05, 3.63) is 73.2 Å². The Hall–Kier alpha value is -2.58. The van der Waals surface area contributed by atoms with Crippen LogP contribution in [0.15, 0.2) is 51.7 Å². The molecule has 130 valence electrons. The number of thiazole rings is 1. The predicted molar refractivity (Wildman–Crippen MR) is 102 cm³/mol. The van der Waals surface area contributed by atoms with E-state index in [1.165, 1.54) is 28.0 Å². The Labute approximate surface area is 159 Å². The van der Waals surface area contributed by atoms with Gasteiger partial charge in [-0.25, -0.2) is 4.39 Å². The van der Waals surface area contributed by atoms with Crippen LogP contribution >= 0.6 is 27.3 Å². The molecule has 0 saturated carbocycles. The zero-order valence-electron chi connectivity index (χ0n) is 13.4. The average molecular weight is 432 g/mol. The van der Waals surface area contributed by atoms with Gasteiger partial charge >= 0.3 is 0 Å². The zero-order chi connectivity index (χ0) is 18.3. The van der Waals surface area contributed by atoms with E-state index in [9.17, 15) is 9.18 Å². The summed E-state index contributed by atoms with van der Waals surface area (Å²) in [5.74, 6) is 0.720. The van der Waals surface area contributed by atoms with Gasteiger partial charge in [-0.3, -0.25) is 4.79 Å². The van der Waals surface area contributed by atoms with Gasteiger partial charge in [0.2, 0.25) is 4.96 Å². The molecule has 0 aliphatic heterocycles. The van der Waals surface area contributed by atoms with E-state index in [2.05, 4.69) is 26.0 Å². The predicted octanol–water partition coefficient (Wildman–Crippen LogP) is 3.28. The summed E-state index contributed by atoms with van der Waals surface area (Å²) < 4.78 is 21.0. The normalized spacial score (nSPS) is 12.0. The van der Waals surface area contributed by atoms with Crippen molar-refractivity contribution in [1.82, 2.24) is 14.6 Å². The SMILES string of the molecule is COc1ccc(Br)cc1/C=c1\sc2nc(-c3ccc(F)cc3)nn2c1=O. The second-order valence-electron chi connectivity index (χ2n) is 5.44. The minimum Gasteiger partial charge on any atom is -0.496 e. The lowest BCUT2D eigenvalue weighted by atomic mass is 10.2. The fourth-order valence-corrected chi connectivity index (χ4v) is 3.79. The second-order valence-corrected chi connectivity index (χ2v) is 7.36. The van der Waals surface area contributed by atoms with Gasteiger partial charge in [0.15, 0.2) is 5.82 Å². The molecule has 0 unspecified atom stereocenters. The highest BCUT2D eigenvalue weighted by Crippen LogP contribution is 2.23. The minimum atomic E-state index is -0.334. The van der Waals surface area contributed by atoms with Gasteiger partial charge in [0, 0.05) is 15.6 Å². The van der Waals surface area contributed by atoms with Crippen molar-refractivity contribution in [3.8, 4) is 17.1 Å². The largest absolute Gasteiger partial charge is 0.496 e. The first-order valence-electron chi connectivity index (χ1n) is 7.56. The van der Waals surface area contributed by atoms with Crippen molar-refractivity contribution in [3.63, 3.8) is 0 Å². The Morgan fingerprint density at radius 1 is 1.23 bits per heavy atom. The first-order valence-corrected chi connectivity index (χ1v) is 9.17. The van der Waals surface area contributed by atoms with E-state index >= 15 is 0 Å². The monoisotopic (exact) mass is 431 g/mol. The summed E-state index contributed by atoms with van der Waals surface area (Å²) in [6.07, 6.45) is 1.75. The van der Waals surface area contributed by atoms with Crippen molar-refractivity contribution >= 4 is 38.3 Å². The molecule has 26 heavy (non-hydrogen) atoms. The molecule has 0 atom stereocenters. The molecule has 2 aromatic heterocycles. The second kappa shape index (κ2) is 6.62. The number of nitrogens with zero attached hydrogens (tertiary/aromatic N) is 3. The van der Waals surface area contributed by atoms with Gasteiger partial charge in [0.05, 0.1) is 11.6 Å². The molecule has 0 saturated heterocycles. The molecular weight excluding hydrogens is 421 g/mol. The van der Waals surface area contributed by atoms with Gasteiger partial charge in [-0.15, -0.1) is 5.10 Å². The minimum absolute atomic E-state index is 0.257. The Morgan fingerprint density at radius 2 is 2.00 bits per heavy atom. The highest BCUT2D eigenvalue weighted by Gasteiger charge is 2.12. The summed E-state index contributed by atoms with van der Waals surface area (Å²) in [7, 11) is 1.58. The van der Waals surface area contributed by atoms with Crippen LogP contribution in [0.3, 0.4) is 0 Å². The molecule has 4 aromatic rings. The lowest BCUT2D eigenvalue weighted by molar-refractivity contribution is 0.414. The third kappa shape index (κ3) is 3.02. The molecule has 0 fully saturated rings.